The zero-order chi connectivity index (χ0) is 20.3. The Labute approximate surface area is 176 Å². The van der Waals surface area contributed by atoms with Crippen LogP contribution in [0.3, 0.4) is 0 Å². The minimum absolute atomic E-state index is 0.284. The van der Waals surface area contributed by atoms with Crippen LogP contribution in [0.4, 0.5) is 0 Å². The molecular formula is C25H29BrO2. The Morgan fingerprint density at radius 1 is 0.786 bits per heavy atom. The average molecular weight is 441 g/mol. The highest BCUT2D eigenvalue weighted by Gasteiger charge is 2.19. The first-order valence-electron chi connectivity index (χ1n) is 10.2. The molecule has 0 amide bonds. The van der Waals surface area contributed by atoms with Gasteiger partial charge in [-0.15, -0.1) is 0 Å². The Balaban J connectivity index is 0.000000167. The van der Waals surface area contributed by atoms with Gasteiger partial charge in [-0.2, -0.15) is 0 Å². The molecule has 0 heterocycles. The van der Waals surface area contributed by atoms with Gasteiger partial charge in [0.1, 0.15) is 0 Å². The highest BCUT2D eigenvalue weighted by molar-refractivity contribution is 9.10. The van der Waals surface area contributed by atoms with Crippen LogP contribution in [0.2, 0.25) is 0 Å². The maximum absolute atomic E-state index is 11.8. The van der Waals surface area contributed by atoms with Crippen LogP contribution in [0.1, 0.15) is 83.9 Å². The molecule has 2 aromatic carbocycles. The molecule has 0 aromatic heterocycles. The first kappa shape index (κ1) is 21.0. The summed E-state index contributed by atoms with van der Waals surface area (Å²) in [4.78, 5) is 23.2. The zero-order valence-corrected chi connectivity index (χ0v) is 18.7. The average Bonchev–Trinajstić information content (AvgIpc) is 2.63. The number of carbonyl (C=O) groups is 2. The Morgan fingerprint density at radius 2 is 1.32 bits per heavy atom. The second-order valence-electron chi connectivity index (χ2n) is 9.08. The minimum Gasteiger partial charge on any atom is -0.294 e. The Kier molecular flexibility index (Phi) is 6.54. The van der Waals surface area contributed by atoms with Crippen LogP contribution in [0.25, 0.3) is 0 Å². The van der Waals surface area contributed by atoms with Gasteiger partial charge in [0.2, 0.25) is 0 Å². The molecule has 0 spiro atoms. The lowest BCUT2D eigenvalue weighted by Crippen LogP contribution is -2.13. The molecule has 28 heavy (non-hydrogen) atoms. The number of carbonyl (C=O) groups excluding carboxylic acids is 2. The number of aryl methyl sites for hydroxylation is 2. The van der Waals surface area contributed by atoms with Crippen molar-refractivity contribution < 1.29 is 9.59 Å². The van der Waals surface area contributed by atoms with Gasteiger partial charge < -0.3 is 0 Å². The number of fused-ring (bicyclic) bond motifs is 2. The molecule has 4 rings (SSSR count). The first-order chi connectivity index (χ1) is 13.2. The van der Waals surface area contributed by atoms with E-state index in [1.54, 1.807) is 0 Å². The molecule has 0 bridgehead atoms. The van der Waals surface area contributed by atoms with E-state index in [-0.39, 0.29) is 11.2 Å². The Hall–Kier alpha value is -1.74. The van der Waals surface area contributed by atoms with E-state index in [4.69, 9.17) is 0 Å². The van der Waals surface area contributed by atoms with Gasteiger partial charge in [0, 0.05) is 28.4 Å². The van der Waals surface area contributed by atoms with Gasteiger partial charge in [-0.1, -0.05) is 54.9 Å². The van der Waals surface area contributed by atoms with Gasteiger partial charge in [0.15, 0.2) is 11.6 Å². The molecule has 0 saturated carbocycles. The summed E-state index contributed by atoms with van der Waals surface area (Å²) in [5.74, 6) is 0.620. The van der Waals surface area contributed by atoms with E-state index in [1.165, 1.54) is 16.7 Å². The van der Waals surface area contributed by atoms with E-state index < -0.39 is 0 Å². The fourth-order valence-corrected chi connectivity index (χ4v) is 4.36. The molecule has 2 nitrogen and oxygen atoms in total. The largest absolute Gasteiger partial charge is 0.294 e. The smallest absolute Gasteiger partial charge is 0.163 e. The quantitative estimate of drug-likeness (QED) is 0.490. The van der Waals surface area contributed by atoms with Gasteiger partial charge in [-0.05, 0) is 72.4 Å². The topological polar surface area (TPSA) is 34.1 Å². The molecular weight excluding hydrogens is 412 g/mol. The van der Waals surface area contributed by atoms with E-state index in [0.29, 0.717) is 12.2 Å². The maximum Gasteiger partial charge on any atom is 0.163 e. The van der Waals surface area contributed by atoms with Crippen molar-refractivity contribution in [1.82, 2.24) is 0 Å². The lowest BCUT2D eigenvalue weighted by atomic mass is 9.84. The van der Waals surface area contributed by atoms with E-state index in [0.717, 1.165) is 54.1 Å². The molecule has 2 aliphatic rings. The molecule has 0 radical (unpaired) electrons. The van der Waals surface area contributed by atoms with Gasteiger partial charge >= 0.3 is 0 Å². The summed E-state index contributed by atoms with van der Waals surface area (Å²) >= 11 is 3.37. The van der Waals surface area contributed by atoms with Crippen molar-refractivity contribution in [1.29, 1.82) is 0 Å². The first-order valence-corrected chi connectivity index (χ1v) is 11.0. The van der Waals surface area contributed by atoms with Crippen LogP contribution in [0.15, 0.2) is 40.9 Å². The summed E-state index contributed by atoms with van der Waals surface area (Å²) in [6, 6.07) is 12.4. The lowest BCUT2D eigenvalue weighted by molar-refractivity contribution is 0.0964. The highest BCUT2D eigenvalue weighted by atomic mass is 79.9. The third-order valence-electron chi connectivity index (χ3n) is 5.28. The van der Waals surface area contributed by atoms with Crippen molar-refractivity contribution in [2.75, 3.05) is 0 Å². The van der Waals surface area contributed by atoms with Crippen LogP contribution in [0, 0.1) is 5.41 Å². The van der Waals surface area contributed by atoms with Crippen LogP contribution >= 0.6 is 15.9 Å². The standard InChI is InChI=1S/C15H20O.C10H9BrO/c1-15(2,3)10-11-7-8-12-5-4-6-14(16)13(12)9-11;11-8-5-4-7-2-1-3-10(12)9(7)6-8/h7-9H,4-6,10H2,1-3H3;4-6H,1-3H2. The van der Waals surface area contributed by atoms with Crippen LogP contribution in [0.5, 0.6) is 0 Å². The third-order valence-corrected chi connectivity index (χ3v) is 5.77. The number of Topliss-reactive ketones (excluding diaryl/α,β-unsaturated/α-hetero) is 2. The molecule has 0 aliphatic heterocycles. The predicted octanol–water partition coefficient (Wildman–Crippen LogP) is 6.76. The molecule has 0 fully saturated rings. The summed E-state index contributed by atoms with van der Waals surface area (Å²) in [6.07, 6.45) is 6.62. The Bertz CT molecular complexity index is 890. The molecule has 2 aliphatic carbocycles. The molecule has 2 aromatic rings. The third kappa shape index (κ3) is 5.41. The number of benzene rings is 2. The number of rotatable bonds is 1. The van der Waals surface area contributed by atoms with Gasteiger partial charge in [0.25, 0.3) is 0 Å². The van der Waals surface area contributed by atoms with Gasteiger partial charge in [0.05, 0.1) is 0 Å². The summed E-state index contributed by atoms with van der Waals surface area (Å²) in [6.45, 7) is 6.69. The molecule has 0 atom stereocenters. The van der Waals surface area contributed by atoms with E-state index >= 15 is 0 Å². The van der Waals surface area contributed by atoms with E-state index in [2.05, 4.69) is 54.9 Å². The number of hydrogen-bond acceptors (Lipinski definition) is 2. The molecule has 3 heteroatoms. The monoisotopic (exact) mass is 440 g/mol. The molecule has 0 saturated heterocycles. The predicted molar refractivity (Wildman–Crippen MR) is 118 cm³/mol. The summed E-state index contributed by atoms with van der Waals surface area (Å²) in [5.41, 5.74) is 5.92. The normalized spacial score (nSPS) is 16.0. The van der Waals surface area contributed by atoms with Crippen LogP contribution in [-0.2, 0) is 19.3 Å². The van der Waals surface area contributed by atoms with Crippen LogP contribution in [-0.4, -0.2) is 11.6 Å². The fraction of sp³-hybridized carbons (Fsp3) is 0.440. The number of ketones is 2. The highest BCUT2D eigenvalue weighted by Crippen LogP contribution is 2.26. The second-order valence-corrected chi connectivity index (χ2v) is 10.00. The van der Waals surface area contributed by atoms with E-state index in [1.807, 2.05) is 18.2 Å². The summed E-state index contributed by atoms with van der Waals surface area (Å²) in [7, 11) is 0. The summed E-state index contributed by atoms with van der Waals surface area (Å²) < 4.78 is 0.997. The van der Waals surface area contributed by atoms with Crippen LogP contribution < -0.4 is 0 Å². The molecule has 148 valence electrons. The number of halogens is 1. The molecule has 0 N–H and O–H groups in total. The fourth-order valence-electron chi connectivity index (χ4n) is 4.00. The van der Waals surface area contributed by atoms with Crippen molar-refractivity contribution in [2.45, 2.75) is 65.7 Å². The second kappa shape index (κ2) is 8.73. The van der Waals surface area contributed by atoms with Gasteiger partial charge in [-0.25, -0.2) is 0 Å². The van der Waals surface area contributed by atoms with Crippen molar-refractivity contribution in [3.8, 4) is 0 Å². The van der Waals surface area contributed by atoms with Crippen molar-refractivity contribution >= 4 is 27.5 Å². The Morgan fingerprint density at radius 3 is 1.89 bits per heavy atom. The maximum atomic E-state index is 11.8. The van der Waals surface area contributed by atoms with Crippen molar-refractivity contribution in [3.63, 3.8) is 0 Å². The summed E-state index contributed by atoms with van der Waals surface area (Å²) in [5, 5.41) is 0. The van der Waals surface area contributed by atoms with Crippen molar-refractivity contribution in [2.24, 2.45) is 5.41 Å². The van der Waals surface area contributed by atoms with Crippen molar-refractivity contribution in [3.05, 3.63) is 68.7 Å². The zero-order valence-electron chi connectivity index (χ0n) is 17.1. The molecule has 0 unspecified atom stereocenters. The van der Waals surface area contributed by atoms with Gasteiger partial charge in [-0.3, -0.25) is 9.59 Å². The minimum atomic E-state index is 0.284. The van der Waals surface area contributed by atoms with E-state index in [9.17, 15) is 9.59 Å². The lowest BCUT2D eigenvalue weighted by Gasteiger charge is -2.20. The SMILES string of the molecule is CC(C)(C)Cc1ccc2c(c1)C(=O)CCC2.O=C1CCCc2ccc(Br)cc21. The number of hydrogen-bond donors (Lipinski definition) is 0.